The molecule has 1 aliphatic rings. The Balaban J connectivity index is 1.81. The number of rotatable bonds is 4. The minimum absolute atomic E-state index is 0.00242. The molecule has 4 N–H and O–H groups in total. The zero-order valence-electron chi connectivity index (χ0n) is 12.6. The molecule has 0 aliphatic heterocycles. The van der Waals surface area contributed by atoms with Gasteiger partial charge in [-0.2, -0.15) is 4.98 Å². The number of nitrogens with two attached hydrogens (primary N) is 1. The van der Waals surface area contributed by atoms with Gasteiger partial charge in [-0.25, -0.2) is 4.98 Å². The number of aromatic nitrogens is 2. The van der Waals surface area contributed by atoms with E-state index in [2.05, 4.69) is 15.3 Å². The zero-order chi connectivity index (χ0) is 16.2. The van der Waals surface area contributed by atoms with E-state index in [9.17, 15) is 5.11 Å². The number of nitrogens with one attached hydrogen (secondary N) is 1. The Hall–Kier alpha value is -1.50. The molecule has 1 saturated carbocycles. The van der Waals surface area contributed by atoms with Crippen LogP contribution in [-0.4, -0.2) is 27.2 Å². The third-order valence-electron chi connectivity index (χ3n) is 3.87. The minimum Gasteiger partial charge on any atom is -0.391 e. The van der Waals surface area contributed by atoms with Crippen LogP contribution < -0.4 is 11.1 Å². The van der Waals surface area contributed by atoms with Crippen molar-refractivity contribution >= 4 is 35.1 Å². The first-order valence-corrected chi connectivity index (χ1v) is 8.82. The fourth-order valence-corrected chi connectivity index (χ4v) is 3.61. The van der Waals surface area contributed by atoms with Gasteiger partial charge in [0.25, 0.3) is 0 Å². The molecule has 1 aromatic carbocycles. The molecule has 1 aromatic heterocycles. The number of hydrogen-bond donors (Lipinski definition) is 3. The molecule has 3 rings (SSSR count). The van der Waals surface area contributed by atoms with Gasteiger partial charge in [0.2, 0.25) is 5.95 Å². The highest BCUT2D eigenvalue weighted by Crippen LogP contribution is 2.34. The lowest BCUT2D eigenvalue weighted by Gasteiger charge is -2.29. The summed E-state index contributed by atoms with van der Waals surface area (Å²) in [5.41, 5.74) is 5.73. The minimum atomic E-state index is -0.353. The predicted octanol–water partition coefficient (Wildman–Crippen LogP) is 3.58. The van der Waals surface area contributed by atoms with Crippen LogP contribution in [0.5, 0.6) is 0 Å². The molecule has 0 spiro atoms. The molecule has 7 heteroatoms. The summed E-state index contributed by atoms with van der Waals surface area (Å²) in [5, 5.41) is 14.2. The molecule has 0 amide bonds. The van der Waals surface area contributed by atoms with Crippen molar-refractivity contribution in [2.75, 3.05) is 11.1 Å². The van der Waals surface area contributed by atoms with Crippen molar-refractivity contribution in [1.29, 1.82) is 0 Å². The SMILES string of the molecule is Nc1ncc(Sc2ccc(Cl)cc2)c(N[C@@H]2CCCC[C@H]2O)n1. The van der Waals surface area contributed by atoms with Crippen LogP contribution in [0.15, 0.2) is 40.3 Å². The summed E-state index contributed by atoms with van der Waals surface area (Å²) >= 11 is 7.46. The summed E-state index contributed by atoms with van der Waals surface area (Å²) in [7, 11) is 0. The van der Waals surface area contributed by atoms with Gasteiger partial charge in [-0.05, 0) is 37.1 Å². The van der Waals surface area contributed by atoms with Crippen molar-refractivity contribution in [1.82, 2.24) is 9.97 Å². The van der Waals surface area contributed by atoms with E-state index < -0.39 is 0 Å². The Morgan fingerprint density at radius 1 is 1.22 bits per heavy atom. The van der Waals surface area contributed by atoms with Gasteiger partial charge < -0.3 is 16.2 Å². The maximum atomic E-state index is 10.2. The molecular formula is C16H19ClN4OS. The second kappa shape index (κ2) is 7.38. The van der Waals surface area contributed by atoms with Crippen molar-refractivity contribution in [3.63, 3.8) is 0 Å². The van der Waals surface area contributed by atoms with Crippen LogP contribution in [0.1, 0.15) is 25.7 Å². The maximum Gasteiger partial charge on any atom is 0.221 e. The van der Waals surface area contributed by atoms with E-state index in [-0.39, 0.29) is 18.1 Å². The van der Waals surface area contributed by atoms with E-state index in [4.69, 9.17) is 17.3 Å². The van der Waals surface area contributed by atoms with Gasteiger partial charge in [0.1, 0.15) is 5.82 Å². The molecule has 1 fully saturated rings. The van der Waals surface area contributed by atoms with E-state index >= 15 is 0 Å². The number of nitrogens with zero attached hydrogens (tertiary/aromatic N) is 2. The molecule has 2 atom stereocenters. The van der Waals surface area contributed by atoms with Gasteiger partial charge in [0.05, 0.1) is 17.0 Å². The first-order valence-electron chi connectivity index (χ1n) is 7.62. The summed E-state index contributed by atoms with van der Waals surface area (Å²) in [6.45, 7) is 0. The smallest absolute Gasteiger partial charge is 0.221 e. The zero-order valence-corrected chi connectivity index (χ0v) is 14.1. The number of aliphatic hydroxyl groups excluding tert-OH is 1. The van der Waals surface area contributed by atoms with Gasteiger partial charge >= 0.3 is 0 Å². The van der Waals surface area contributed by atoms with E-state index in [0.29, 0.717) is 10.8 Å². The molecule has 0 saturated heterocycles. The molecule has 2 aromatic rings. The van der Waals surface area contributed by atoms with Crippen molar-refractivity contribution < 1.29 is 5.11 Å². The van der Waals surface area contributed by atoms with E-state index in [0.717, 1.165) is 35.5 Å². The average Bonchev–Trinajstić information content (AvgIpc) is 2.54. The number of hydrogen-bond acceptors (Lipinski definition) is 6. The third-order valence-corrected chi connectivity index (χ3v) is 5.15. The lowest BCUT2D eigenvalue weighted by Crippen LogP contribution is -2.36. The van der Waals surface area contributed by atoms with Gasteiger partial charge in [-0.3, -0.25) is 0 Å². The Morgan fingerprint density at radius 2 is 1.96 bits per heavy atom. The maximum absolute atomic E-state index is 10.2. The molecule has 1 heterocycles. The van der Waals surface area contributed by atoms with Gasteiger partial charge in [0, 0.05) is 16.1 Å². The second-order valence-corrected chi connectivity index (χ2v) is 7.15. The molecule has 0 unspecified atom stereocenters. The van der Waals surface area contributed by atoms with Crippen LogP contribution >= 0.6 is 23.4 Å². The average molecular weight is 351 g/mol. The van der Waals surface area contributed by atoms with Gasteiger partial charge in [-0.15, -0.1) is 0 Å². The highest BCUT2D eigenvalue weighted by Gasteiger charge is 2.24. The molecule has 0 bridgehead atoms. The second-order valence-electron chi connectivity index (χ2n) is 5.60. The topological polar surface area (TPSA) is 84.1 Å². The van der Waals surface area contributed by atoms with E-state index in [1.165, 1.54) is 11.8 Å². The molecule has 122 valence electrons. The standard InChI is InChI=1S/C16H19ClN4OS/c17-10-5-7-11(8-6-10)23-14-9-19-16(18)21-15(14)20-12-3-1-2-4-13(12)22/h5-9,12-13,22H,1-4H2,(H3,18,19,20,21)/t12-,13-/m1/s1. The summed E-state index contributed by atoms with van der Waals surface area (Å²) < 4.78 is 0. The van der Waals surface area contributed by atoms with Crippen LogP contribution in [0.2, 0.25) is 5.02 Å². The molecule has 5 nitrogen and oxygen atoms in total. The highest BCUT2D eigenvalue weighted by atomic mass is 35.5. The van der Waals surface area contributed by atoms with Crippen LogP contribution in [0.25, 0.3) is 0 Å². The molecule has 0 radical (unpaired) electrons. The normalized spacial score (nSPS) is 21.1. The first-order chi connectivity index (χ1) is 11.1. The van der Waals surface area contributed by atoms with Crippen LogP contribution in [0.4, 0.5) is 11.8 Å². The Bertz CT molecular complexity index is 668. The Kier molecular flexibility index (Phi) is 5.25. The Morgan fingerprint density at radius 3 is 2.70 bits per heavy atom. The van der Waals surface area contributed by atoms with Crippen LogP contribution in [0, 0.1) is 0 Å². The predicted molar refractivity (Wildman–Crippen MR) is 93.9 cm³/mol. The highest BCUT2D eigenvalue weighted by molar-refractivity contribution is 7.99. The van der Waals surface area contributed by atoms with Crippen molar-refractivity contribution in [3.05, 3.63) is 35.5 Å². The Labute approximate surface area is 144 Å². The van der Waals surface area contributed by atoms with Crippen molar-refractivity contribution in [2.45, 2.75) is 47.6 Å². The summed E-state index contributed by atoms with van der Waals surface area (Å²) in [6, 6.07) is 7.59. The van der Waals surface area contributed by atoms with E-state index in [1.54, 1.807) is 6.20 Å². The van der Waals surface area contributed by atoms with Gasteiger partial charge in [-0.1, -0.05) is 36.2 Å². The van der Waals surface area contributed by atoms with Gasteiger partial charge in [0.15, 0.2) is 0 Å². The van der Waals surface area contributed by atoms with Crippen LogP contribution in [0.3, 0.4) is 0 Å². The van der Waals surface area contributed by atoms with Crippen molar-refractivity contribution in [2.24, 2.45) is 0 Å². The number of nitrogen functional groups attached to an aromatic ring is 1. The number of benzene rings is 1. The molecule has 23 heavy (non-hydrogen) atoms. The summed E-state index contributed by atoms with van der Waals surface area (Å²) in [6.07, 6.45) is 5.27. The van der Waals surface area contributed by atoms with E-state index in [1.807, 2.05) is 24.3 Å². The summed E-state index contributed by atoms with van der Waals surface area (Å²) in [5.74, 6) is 0.890. The fraction of sp³-hybridized carbons (Fsp3) is 0.375. The quantitative estimate of drug-likeness (QED) is 0.781. The largest absolute Gasteiger partial charge is 0.391 e. The lowest BCUT2D eigenvalue weighted by atomic mass is 9.93. The molecular weight excluding hydrogens is 332 g/mol. The monoisotopic (exact) mass is 350 g/mol. The van der Waals surface area contributed by atoms with Crippen molar-refractivity contribution in [3.8, 4) is 0 Å². The number of halogens is 1. The fourth-order valence-electron chi connectivity index (χ4n) is 2.65. The summed E-state index contributed by atoms with van der Waals surface area (Å²) in [4.78, 5) is 10.3. The molecule has 1 aliphatic carbocycles. The first kappa shape index (κ1) is 16.4. The number of anilines is 2. The third kappa shape index (κ3) is 4.28. The number of aliphatic hydroxyl groups is 1. The van der Waals surface area contributed by atoms with Crippen LogP contribution in [-0.2, 0) is 0 Å². The lowest BCUT2D eigenvalue weighted by molar-refractivity contribution is 0.116.